The van der Waals surface area contributed by atoms with E-state index in [0.29, 0.717) is 0 Å². The number of aromatic nitrogens is 1. The first-order chi connectivity index (χ1) is 8.70. The molecule has 0 aliphatic carbocycles. The average molecular weight is 306 g/mol. The van der Waals surface area contributed by atoms with Gasteiger partial charge in [0.2, 0.25) is 0 Å². The molecule has 2 N–H and O–H groups in total. The summed E-state index contributed by atoms with van der Waals surface area (Å²) in [5.74, 6) is 0.962. The maximum absolute atomic E-state index is 5.97. The molecule has 0 amide bonds. The number of nitrogens with two attached hydrogens (primary N) is 1. The van der Waals surface area contributed by atoms with Gasteiger partial charge in [-0.3, -0.25) is 0 Å². The molecule has 0 saturated carbocycles. The lowest BCUT2D eigenvalue weighted by atomic mass is 10.1. The van der Waals surface area contributed by atoms with Crippen LogP contribution in [0.25, 0.3) is 0 Å². The van der Waals surface area contributed by atoms with Crippen molar-refractivity contribution in [1.29, 1.82) is 0 Å². The second-order valence-electron chi connectivity index (χ2n) is 4.05. The van der Waals surface area contributed by atoms with E-state index >= 15 is 0 Å². The lowest BCUT2D eigenvalue weighted by Gasteiger charge is -2.22. The Morgan fingerprint density at radius 2 is 2.00 bits per heavy atom. The quantitative estimate of drug-likeness (QED) is 0.880. The molecule has 18 heavy (non-hydrogen) atoms. The first-order valence-corrected chi connectivity index (χ1v) is 6.70. The van der Waals surface area contributed by atoms with Crippen LogP contribution in [0.2, 0.25) is 0 Å². The fourth-order valence-corrected chi connectivity index (χ4v) is 2.03. The molecular weight excluding hydrogens is 290 g/mol. The largest absolute Gasteiger partial charge is 0.398 e. The predicted molar refractivity (Wildman–Crippen MR) is 79.5 cm³/mol. The third-order valence-corrected chi connectivity index (χ3v) is 3.30. The van der Waals surface area contributed by atoms with Gasteiger partial charge in [0.1, 0.15) is 5.82 Å². The molecule has 0 fully saturated rings. The summed E-state index contributed by atoms with van der Waals surface area (Å²) in [7, 11) is 0. The van der Waals surface area contributed by atoms with E-state index in [9.17, 15) is 0 Å². The van der Waals surface area contributed by atoms with Crippen LogP contribution in [-0.2, 0) is 6.54 Å². The number of hydrogen-bond acceptors (Lipinski definition) is 3. The molecule has 94 valence electrons. The van der Waals surface area contributed by atoms with Crippen LogP contribution in [0, 0.1) is 0 Å². The van der Waals surface area contributed by atoms with Gasteiger partial charge in [0, 0.05) is 29.4 Å². The van der Waals surface area contributed by atoms with Crippen molar-refractivity contribution in [3.63, 3.8) is 0 Å². The van der Waals surface area contributed by atoms with Crippen LogP contribution >= 0.6 is 15.9 Å². The van der Waals surface area contributed by atoms with Crippen LogP contribution in [0.1, 0.15) is 12.5 Å². The molecule has 1 aromatic carbocycles. The monoisotopic (exact) mass is 305 g/mol. The maximum Gasteiger partial charge on any atom is 0.128 e. The number of benzene rings is 1. The molecule has 1 aromatic heterocycles. The number of para-hydroxylation sites is 1. The Hall–Kier alpha value is -1.55. The van der Waals surface area contributed by atoms with Gasteiger partial charge in [-0.1, -0.05) is 18.2 Å². The van der Waals surface area contributed by atoms with Gasteiger partial charge in [-0.25, -0.2) is 4.98 Å². The first-order valence-electron chi connectivity index (χ1n) is 5.90. The molecule has 0 atom stereocenters. The molecule has 0 saturated heterocycles. The zero-order valence-corrected chi connectivity index (χ0v) is 11.9. The summed E-state index contributed by atoms with van der Waals surface area (Å²) in [6.07, 6.45) is 1.81. The number of halogens is 1. The standard InChI is InChI=1S/C14H16BrN3/c1-2-18(14-8-7-12(15)9-17-14)10-11-5-3-4-6-13(11)16/h3-9H,2,10,16H2,1H3. The summed E-state index contributed by atoms with van der Waals surface area (Å²) in [5, 5.41) is 0. The molecule has 2 aromatic rings. The fraction of sp³-hybridized carbons (Fsp3) is 0.214. The maximum atomic E-state index is 5.97. The number of rotatable bonds is 4. The fourth-order valence-electron chi connectivity index (χ4n) is 1.79. The third kappa shape index (κ3) is 3.01. The highest BCUT2D eigenvalue weighted by Gasteiger charge is 2.08. The van der Waals surface area contributed by atoms with E-state index in [1.807, 2.05) is 36.5 Å². The first kappa shape index (κ1) is 12.9. The number of nitrogens with zero attached hydrogens (tertiary/aromatic N) is 2. The van der Waals surface area contributed by atoms with Crippen molar-refractivity contribution in [3.05, 3.63) is 52.6 Å². The highest BCUT2D eigenvalue weighted by atomic mass is 79.9. The Balaban J connectivity index is 2.20. The Morgan fingerprint density at radius 3 is 2.61 bits per heavy atom. The van der Waals surface area contributed by atoms with Crippen LogP contribution < -0.4 is 10.6 Å². The second kappa shape index (κ2) is 5.87. The molecular formula is C14H16BrN3. The van der Waals surface area contributed by atoms with E-state index in [1.165, 1.54) is 0 Å². The van der Waals surface area contributed by atoms with Gasteiger partial charge in [0.25, 0.3) is 0 Å². The summed E-state index contributed by atoms with van der Waals surface area (Å²) in [6, 6.07) is 11.9. The number of pyridine rings is 1. The van der Waals surface area contributed by atoms with Gasteiger partial charge in [-0.05, 0) is 46.6 Å². The molecule has 0 spiro atoms. The summed E-state index contributed by atoms with van der Waals surface area (Å²) in [5.41, 5.74) is 7.93. The van der Waals surface area contributed by atoms with Crippen LogP contribution in [0.15, 0.2) is 47.1 Å². The van der Waals surface area contributed by atoms with Crippen molar-refractivity contribution in [2.75, 3.05) is 17.2 Å². The summed E-state index contributed by atoms with van der Waals surface area (Å²) >= 11 is 3.39. The minimum absolute atomic E-state index is 0.776. The van der Waals surface area contributed by atoms with E-state index in [0.717, 1.165) is 34.6 Å². The van der Waals surface area contributed by atoms with E-state index in [1.54, 1.807) is 0 Å². The molecule has 0 bridgehead atoms. The molecule has 0 aliphatic heterocycles. The highest BCUT2D eigenvalue weighted by molar-refractivity contribution is 9.10. The van der Waals surface area contributed by atoms with Crippen LogP contribution in [0.5, 0.6) is 0 Å². The van der Waals surface area contributed by atoms with Crippen molar-refractivity contribution in [2.24, 2.45) is 0 Å². The zero-order valence-electron chi connectivity index (χ0n) is 10.3. The molecule has 0 aliphatic rings. The summed E-state index contributed by atoms with van der Waals surface area (Å²) in [4.78, 5) is 6.61. The Bertz CT molecular complexity index is 511. The SMILES string of the molecule is CCN(Cc1ccccc1N)c1ccc(Br)cn1. The third-order valence-electron chi connectivity index (χ3n) is 2.83. The van der Waals surface area contributed by atoms with Crippen molar-refractivity contribution in [1.82, 2.24) is 4.98 Å². The van der Waals surface area contributed by atoms with Crippen LogP contribution in [0.4, 0.5) is 11.5 Å². The van der Waals surface area contributed by atoms with Gasteiger partial charge in [-0.2, -0.15) is 0 Å². The van der Waals surface area contributed by atoms with Gasteiger partial charge in [0.05, 0.1) is 0 Å². The van der Waals surface area contributed by atoms with Crippen molar-refractivity contribution in [3.8, 4) is 0 Å². The lowest BCUT2D eigenvalue weighted by molar-refractivity contribution is 0.815. The highest BCUT2D eigenvalue weighted by Crippen LogP contribution is 2.19. The Morgan fingerprint density at radius 1 is 1.22 bits per heavy atom. The van der Waals surface area contributed by atoms with Gasteiger partial charge in [-0.15, -0.1) is 0 Å². The van der Waals surface area contributed by atoms with Gasteiger partial charge >= 0.3 is 0 Å². The average Bonchev–Trinajstić information content (AvgIpc) is 2.39. The van der Waals surface area contributed by atoms with E-state index < -0.39 is 0 Å². The van der Waals surface area contributed by atoms with Crippen LogP contribution in [0.3, 0.4) is 0 Å². The molecule has 3 nitrogen and oxygen atoms in total. The predicted octanol–water partition coefficient (Wildman–Crippen LogP) is 3.45. The topological polar surface area (TPSA) is 42.1 Å². The van der Waals surface area contributed by atoms with E-state index in [-0.39, 0.29) is 0 Å². The number of hydrogen-bond donors (Lipinski definition) is 1. The van der Waals surface area contributed by atoms with Crippen molar-refractivity contribution in [2.45, 2.75) is 13.5 Å². The number of nitrogen functional groups attached to an aromatic ring is 1. The molecule has 0 unspecified atom stereocenters. The van der Waals surface area contributed by atoms with Gasteiger partial charge < -0.3 is 10.6 Å². The minimum Gasteiger partial charge on any atom is -0.398 e. The smallest absolute Gasteiger partial charge is 0.128 e. The Labute approximate surface area is 116 Å². The normalized spacial score (nSPS) is 10.3. The Kier molecular flexibility index (Phi) is 4.20. The molecule has 2 rings (SSSR count). The van der Waals surface area contributed by atoms with E-state index in [4.69, 9.17) is 5.73 Å². The molecule has 4 heteroatoms. The zero-order chi connectivity index (χ0) is 13.0. The second-order valence-corrected chi connectivity index (χ2v) is 4.96. The lowest BCUT2D eigenvalue weighted by Crippen LogP contribution is -2.23. The summed E-state index contributed by atoms with van der Waals surface area (Å²) < 4.78 is 0.988. The van der Waals surface area contributed by atoms with E-state index in [2.05, 4.69) is 38.8 Å². The van der Waals surface area contributed by atoms with Crippen LogP contribution in [-0.4, -0.2) is 11.5 Å². The number of anilines is 2. The summed E-state index contributed by atoms with van der Waals surface area (Å²) in [6.45, 7) is 3.78. The molecule has 0 radical (unpaired) electrons. The van der Waals surface area contributed by atoms with Crippen molar-refractivity contribution < 1.29 is 0 Å². The molecule has 1 heterocycles. The van der Waals surface area contributed by atoms with Crippen molar-refractivity contribution >= 4 is 27.4 Å². The van der Waals surface area contributed by atoms with Gasteiger partial charge in [0.15, 0.2) is 0 Å². The minimum atomic E-state index is 0.776.